The summed E-state index contributed by atoms with van der Waals surface area (Å²) in [5.74, 6) is -1.02. The van der Waals surface area contributed by atoms with Crippen molar-refractivity contribution in [1.29, 1.82) is 0 Å². The van der Waals surface area contributed by atoms with Gasteiger partial charge < -0.3 is 19.3 Å². The summed E-state index contributed by atoms with van der Waals surface area (Å²) < 4.78 is 15.2. The van der Waals surface area contributed by atoms with Crippen molar-refractivity contribution in [2.45, 2.75) is 24.9 Å². The highest BCUT2D eigenvalue weighted by molar-refractivity contribution is 4.70. The van der Waals surface area contributed by atoms with E-state index in [2.05, 4.69) is 0 Å². The maximum Gasteiger partial charge on any atom is 0.284 e. The number of hydrogen-bond donors (Lipinski definition) is 1. The van der Waals surface area contributed by atoms with Crippen LogP contribution in [-0.4, -0.2) is 38.0 Å². The second-order valence-corrected chi connectivity index (χ2v) is 2.59. The Bertz CT molecular complexity index is 122. The van der Waals surface area contributed by atoms with Crippen LogP contribution < -0.4 is 0 Å². The Kier molecular flexibility index (Phi) is 2.84. The van der Waals surface area contributed by atoms with E-state index in [4.69, 9.17) is 14.2 Å². The van der Waals surface area contributed by atoms with Crippen molar-refractivity contribution >= 4 is 0 Å². The summed E-state index contributed by atoms with van der Waals surface area (Å²) in [6.07, 6.45) is 0.637. The van der Waals surface area contributed by atoms with E-state index in [1.165, 1.54) is 14.2 Å². The lowest BCUT2D eigenvalue weighted by Gasteiger charge is -2.35. The number of aliphatic hydroxyl groups excluding tert-OH is 1. The third-order valence-electron chi connectivity index (χ3n) is 1.88. The number of methoxy groups -OCH3 is 2. The Labute approximate surface area is 66.1 Å². The van der Waals surface area contributed by atoms with Crippen LogP contribution >= 0.6 is 0 Å². The highest BCUT2D eigenvalue weighted by Crippen LogP contribution is 2.26. The van der Waals surface area contributed by atoms with Crippen molar-refractivity contribution in [2.75, 3.05) is 20.8 Å². The molecule has 11 heavy (non-hydrogen) atoms. The van der Waals surface area contributed by atoms with Gasteiger partial charge in [0.05, 0.1) is 19.1 Å². The lowest BCUT2D eigenvalue weighted by Crippen LogP contribution is -2.44. The fourth-order valence-corrected chi connectivity index (χ4v) is 1.17. The first kappa shape index (κ1) is 8.93. The molecule has 0 aromatic rings. The Morgan fingerprint density at radius 1 is 1.45 bits per heavy atom. The zero-order valence-electron chi connectivity index (χ0n) is 6.87. The Balaban J connectivity index is 2.52. The molecule has 1 unspecified atom stereocenters. The normalized spacial score (nSPS) is 30.3. The van der Waals surface area contributed by atoms with Crippen molar-refractivity contribution < 1.29 is 19.3 Å². The van der Waals surface area contributed by atoms with Crippen LogP contribution in [0.2, 0.25) is 0 Å². The first-order valence-electron chi connectivity index (χ1n) is 3.65. The van der Waals surface area contributed by atoms with Crippen molar-refractivity contribution in [3.63, 3.8) is 0 Å². The molecular weight excluding hydrogens is 148 g/mol. The second kappa shape index (κ2) is 3.49. The number of rotatable bonds is 2. The van der Waals surface area contributed by atoms with E-state index >= 15 is 0 Å². The second-order valence-electron chi connectivity index (χ2n) is 2.59. The quantitative estimate of drug-likeness (QED) is 0.585. The van der Waals surface area contributed by atoms with E-state index in [9.17, 15) is 5.11 Å². The van der Waals surface area contributed by atoms with Gasteiger partial charge in [0.15, 0.2) is 0 Å². The molecule has 1 aliphatic heterocycles. The smallest absolute Gasteiger partial charge is 0.284 e. The molecule has 1 N–H and O–H groups in total. The van der Waals surface area contributed by atoms with Gasteiger partial charge >= 0.3 is 0 Å². The molecule has 4 nitrogen and oxygen atoms in total. The van der Waals surface area contributed by atoms with Gasteiger partial charge in [-0.05, 0) is 6.42 Å². The van der Waals surface area contributed by atoms with Gasteiger partial charge in [-0.15, -0.1) is 0 Å². The fraction of sp³-hybridized carbons (Fsp3) is 1.00. The van der Waals surface area contributed by atoms with E-state index in [-0.39, 0.29) is 6.10 Å². The van der Waals surface area contributed by atoms with Crippen molar-refractivity contribution in [3.8, 4) is 0 Å². The molecule has 0 saturated carbocycles. The molecule has 1 aliphatic rings. The lowest BCUT2D eigenvalue weighted by atomic mass is 10.1. The molecule has 1 atom stereocenters. The van der Waals surface area contributed by atoms with E-state index in [1.807, 2.05) is 0 Å². The summed E-state index contributed by atoms with van der Waals surface area (Å²) in [7, 11) is 3.00. The molecular formula is C7H14O4. The molecule has 0 aliphatic carbocycles. The minimum atomic E-state index is -1.02. The summed E-state index contributed by atoms with van der Waals surface area (Å²) in [5.41, 5.74) is 0. The van der Waals surface area contributed by atoms with Crippen LogP contribution in [0, 0.1) is 0 Å². The third-order valence-corrected chi connectivity index (χ3v) is 1.88. The third kappa shape index (κ3) is 1.90. The van der Waals surface area contributed by atoms with Gasteiger partial charge in [0.1, 0.15) is 0 Å². The number of ether oxygens (including phenoxy) is 3. The van der Waals surface area contributed by atoms with Crippen LogP contribution in [0.25, 0.3) is 0 Å². The lowest BCUT2D eigenvalue weighted by molar-refractivity contribution is -0.384. The van der Waals surface area contributed by atoms with Gasteiger partial charge in [0.2, 0.25) is 0 Å². The van der Waals surface area contributed by atoms with Gasteiger partial charge in [0.25, 0.3) is 5.97 Å². The Morgan fingerprint density at radius 2 is 2.09 bits per heavy atom. The van der Waals surface area contributed by atoms with Crippen molar-refractivity contribution in [2.24, 2.45) is 0 Å². The van der Waals surface area contributed by atoms with Crippen LogP contribution in [0.5, 0.6) is 0 Å². The largest absolute Gasteiger partial charge is 0.393 e. The zero-order chi connectivity index (χ0) is 8.32. The van der Waals surface area contributed by atoms with E-state index < -0.39 is 5.97 Å². The van der Waals surface area contributed by atoms with Gasteiger partial charge in [-0.2, -0.15) is 0 Å². The van der Waals surface area contributed by atoms with Crippen LogP contribution in [0.4, 0.5) is 0 Å². The van der Waals surface area contributed by atoms with Gasteiger partial charge in [-0.3, -0.25) is 0 Å². The summed E-state index contributed by atoms with van der Waals surface area (Å²) in [4.78, 5) is 0. The minimum absolute atomic E-state index is 0.375. The first-order chi connectivity index (χ1) is 5.22. The standard InChI is InChI=1S/C7H14O4/c1-9-7(10-2)5-6(8)3-4-11-7/h6,8H,3-5H2,1-2H3. The van der Waals surface area contributed by atoms with Crippen LogP contribution in [0.1, 0.15) is 12.8 Å². The molecule has 1 fully saturated rings. The van der Waals surface area contributed by atoms with E-state index in [0.29, 0.717) is 19.4 Å². The average Bonchev–Trinajstić information content (AvgIpc) is 2.04. The van der Waals surface area contributed by atoms with Crippen LogP contribution in [0.15, 0.2) is 0 Å². The Morgan fingerprint density at radius 3 is 2.45 bits per heavy atom. The van der Waals surface area contributed by atoms with Crippen molar-refractivity contribution in [1.82, 2.24) is 0 Å². The molecule has 66 valence electrons. The highest BCUT2D eigenvalue weighted by Gasteiger charge is 2.37. The predicted molar refractivity (Wildman–Crippen MR) is 37.9 cm³/mol. The van der Waals surface area contributed by atoms with Crippen molar-refractivity contribution in [3.05, 3.63) is 0 Å². The van der Waals surface area contributed by atoms with Crippen LogP contribution in [0.3, 0.4) is 0 Å². The predicted octanol–water partition coefficient (Wildman–Crippen LogP) is 0.104. The molecule has 1 heterocycles. The monoisotopic (exact) mass is 162 g/mol. The van der Waals surface area contributed by atoms with Gasteiger partial charge in [-0.1, -0.05) is 0 Å². The summed E-state index contributed by atoms with van der Waals surface area (Å²) >= 11 is 0. The van der Waals surface area contributed by atoms with Gasteiger partial charge in [0, 0.05) is 14.2 Å². The summed E-state index contributed by atoms with van der Waals surface area (Å²) in [6, 6.07) is 0. The number of hydrogen-bond acceptors (Lipinski definition) is 4. The molecule has 0 radical (unpaired) electrons. The molecule has 0 aromatic heterocycles. The molecule has 1 rings (SSSR count). The topological polar surface area (TPSA) is 47.9 Å². The summed E-state index contributed by atoms with van der Waals surface area (Å²) in [6.45, 7) is 0.475. The van der Waals surface area contributed by atoms with Gasteiger partial charge in [-0.25, -0.2) is 0 Å². The maximum absolute atomic E-state index is 9.27. The molecule has 0 bridgehead atoms. The average molecular weight is 162 g/mol. The minimum Gasteiger partial charge on any atom is -0.393 e. The number of aliphatic hydroxyl groups is 1. The SMILES string of the molecule is COC1(OC)CC(O)CCO1. The van der Waals surface area contributed by atoms with Crippen LogP contribution in [-0.2, 0) is 14.2 Å². The molecule has 4 heteroatoms. The molecule has 0 amide bonds. The molecule has 1 saturated heterocycles. The molecule has 0 spiro atoms. The zero-order valence-corrected chi connectivity index (χ0v) is 6.87. The van der Waals surface area contributed by atoms with E-state index in [1.54, 1.807) is 0 Å². The Hall–Kier alpha value is -0.160. The summed E-state index contributed by atoms with van der Waals surface area (Å²) in [5, 5.41) is 9.27. The molecule has 0 aromatic carbocycles. The van der Waals surface area contributed by atoms with E-state index in [0.717, 1.165) is 0 Å². The highest BCUT2D eigenvalue weighted by atomic mass is 16.9. The fourth-order valence-electron chi connectivity index (χ4n) is 1.17. The maximum atomic E-state index is 9.27. The first-order valence-corrected chi connectivity index (χ1v) is 3.65.